The summed E-state index contributed by atoms with van der Waals surface area (Å²) in [4.78, 5) is 2.59. The predicted octanol–water partition coefficient (Wildman–Crippen LogP) is 2.67. The summed E-state index contributed by atoms with van der Waals surface area (Å²) < 4.78 is 5.83. The number of aryl methyl sites for hydroxylation is 1. The second kappa shape index (κ2) is 5.06. The molecule has 2 aliphatic rings. The van der Waals surface area contributed by atoms with Gasteiger partial charge in [0, 0.05) is 13.1 Å². The largest absolute Gasteiger partial charge is 0.463 e. The van der Waals surface area contributed by atoms with Crippen LogP contribution in [-0.4, -0.2) is 18.0 Å². The third-order valence-electron chi connectivity index (χ3n) is 4.06. The van der Waals surface area contributed by atoms with Crippen molar-refractivity contribution >= 4 is 0 Å². The lowest BCUT2D eigenvalue weighted by molar-refractivity contribution is 0.223. The normalized spacial score (nSPS) is 19.7. The molecule has 1 heterocycles. The van der Waals surface area contributed by atoms with E-state index in [-0.39, 0.29) is 0 Å². The number of hydrogen-bond acceptors (Lipinski definition) is 3. The Labute approximate surface area is 109 Å². The van der Waals surface area contributed by atoms with Crippen LogP contribution in [-0.2, 0) is 13.1 Å². The fraction of sp³-hybridized carbons (Fsp3) is 0.733. The Morgan fingerprint density at radius 2 is 1.83 bits per heavy atom. The summed E-state index contributed by atoms with van der Waals surface area (Å²) in [6, 6.07) is 2.16. The molecule has 18 heavy (non-hydrogen) atoms. The quantitative estimate of drug-likeness (QED) is 0.806. The Hall–Kier alpha value is -0.800. The molecule has 0 unspecified atom stereocenters. The Kier molecular flexibility index (Phi) is 3.44. The van der Waals surface area contributed by atoms with Gasteiger partial charge < -0.3 is 10.2 Å². The van der Waals surface area contributed by atoms with Gasteiger partial charge >= 0.3 is 0 Å². The molecule has 2 fully saturated rings. The molecular weight excluding hydrogens is 224 g/mol. The molecule has 3 rings (SSSR count). The lowest BCUT2D eigenvalue weighted by Gasteiger charge is -2.20. The summed E-state index contributed by atoms with van der Waals surface area (Å²) in [7, 11) is 0. The molecule has 1 aromatic heterocycles. The summed E-state index contributed by atoms with van der Waals surface area (Å²) in [6.07, 6.45) is 5.69. The molecule has 0 amide bonds. The van der Waals surface area contributed by atoms with Gasteiger partial charge in [0.25, 0.3) is 0 Å². The highest BCUT2D eigenvalue weighted by molar-refractivity contribution is 5.19. The maximum atomic E-state index is 5.83. The van der Waals surface area contributed by atoms with E-state index in [2.05, 4.69) is 17.9 Å². The van der Waals surface area contributed by atoms with E-state index in [1.807, 2.05) is 0 Å². The summed E-state index contributed by atoms with van der Waals surface area (Å²) in [5, 5.41) is 0. The monoisotopic (exact) mass is 248 g/mol. The highest BCUT2D eigenvalue weighted by Gasteiger charge is 2.29. The van der Waals surface area contributed by atoms with Crippen molar-refractivity contribution in [2.24, 2.45) is 17.6 Å². The van der Waals surface area contributed by atoms with E-state index in [1.54, 1.807) is 0 Å². The van der Waals surface area contributed by atoms with E-state index in [4.69, 9.17) is 10.2 Å². The standard InChI is InChI=1S/C15H24N2O/c1-11-6-14(18-15(11)7-16)10-17(8-12-2-3-12)9-13-4-5-13/h6,12-13H,2-5,7-10,16H2,1H3. The summed E-state index contributed by atoms with van der Waals surface area (Å²) in [5.74, 6) is 3.94. The van der Waals surface area contributed by atoms with Crippen LogP contribution in [0.1, 0.15) is 42.8 Å². The van der Waals surface area contributed by atoms with Crippen molar-refractivity contribution in [2.45, 2.75) is 45.7 Å². The van der Waals surface area contributed by atoms with Gasteiger partial charge in [-0.15, -0.1) is 0 Å². The van der Waals surface area contributed by atoms with Crippen LogP contribution >= 0.6 is 0 Å². The number of rotatable bonds is 7. The van der Waals surface area contributed by atoms with Gasteiger partial charge in [0.2, 0.25) is 0 Å². The van der Waals surface area contributed by atoms with Crippen LogP contribution in [0.4, 0.5) is 0 Å². The first-order valence-corrected chi connectivity index (χ1v) is 7.25. The van der Waals surface area contributed by atoms with Gasteiger partial charge in [0.1, 0.15) is 11.5 Å². The third kappa shape index (κ3) is 3.15. The summed E-state index contributed by atoms with van der Waals surface area (Å²) in [6.45, 7) is 6.08. The van der Waals surface area contributed by atoms with Crippen LogP contribution < -0.4 is 5.73 Å². The highest BCUT2D eigenvalue weighted by atomic mass is 16.3. The molecule has 0 radical (unpaired) electrons. The van der Waals surface area contributed by atoms with Crippen LogP contribution in [0.2, 0.25) is 0 Å². The van der Waals surface area contributed by atoms with E-state index in [0.717, 1.165) is 29.9 Å². The van der Waals surface area contributed by atoms with E-state index < -0.39 is 0 Å². The lowest BCUT2D eigenvalue weighted by atomic mass is 10.2. The van der Waals surface area contributed by atoms with Crippen LogP contribution in [0.3, 0.4) is 0 Å². The van der Waals surface area contributed by atoms with Crippen molar-refractivity contribution in [3.63, 3.8) is 0 Å². The summed E-state index contributed by atoms with van der Waals surface area (Å²) >= 11 is 0. The zero-order valence-corrected chi connectivity index (χ0v) is 11.3. The topological polar surface area (TPSA) is 42.4 Å². The molecule has 3 heteroatoms. The first-order chi connectivity index (χ1) is 8.74. The van der Waals surface area contributed by atoms with Crippen molar-refractivity contribution in [2.75, 3.05) is 13.1 Å². The zero-order chi connectivity index (χ0) is 12.5. The van der Waals surface area contributed by atoms with Gasteiger partial charge in [-0.2, -0.15) is 0 Å². The Morgan fingerprint density at radius 3 is 2.28 bits per heavy atom. The van der Waals surface area contributed by atoms with Crippen LogP contribution in [0.25, 0.3) is 0 Å². The van der Waals surface area contributed by atoms with Crippen molar-refractivity contribution in [3.8, 4) is 0 Å². The van der Waals surface area contributed by atoms with E-state index in [9.17, 15) is 0 Å². The molecule has 2 N–H and O–H groups in total. The number of nitrogens with zero attached hydrogens (tertiary/aromatic N) is 1. The van der Waals surface area contributed by atoms with Gasteiger partial charge in [-0.25, -0.2) is 0 Å². The van der Waals surface area contributed by atoms with Gasteiger partial charge in [0.05, 0.1) is 13.1 Å². The molecule has 100 valence electrons. The zero-order valence-electron chi connectivity index (χ0n) is 11.3. The molecule has 1 aromatic rings. The third-order valence-corrected chi connectivity index (χ3v) is 4.06. The molecule has 0 bridgehead atoms. The fourth-order valence-electron chi connectivity index (χ4n) is 2.63. The Morgan fingerprint density at radius 1 is 1.22 bits per heavy atom. The molecule has 0 saturated heterocycles. The van der Waals surface area contributed by atoms with Crippen molar-refractivity contribution in [3.05, 3.63) is 23.2 Å². The molecule has 3 nitrogen and oxygen atoms in total. The smallest absolute Gasteiger partial charge is 0.120 e. The molecule has 0 atom stereocenters. The van der Waals surface area contributed by atoms with Gasteiger partial charge in [-0.1, -0.05) is 0 Å². The van der Waals surface area contributed by atoms with Gasteiger partial charge in [-0.3, -0.25) is 4.90 Å². The van der Waals surface area contributed by atoms with Crippen LogP contribution in [0, 0.1) is 18.8 Å². The maximum Gasteiger partial charge on any atom is 0.120 e. The number of hydrogen-bond donors (Lipinski definition) is 1. The first-order valence-electron chi connectivity index (χ1n) is 7.25. The molecule has 0 aliphatic heterocycles. The average Bonchev–Trinajstić information content (AvgIpc) is 3.23. The Bertz CT molecular complexity index is 391. The fourth-order valence-corrected chi connectivity index (χ4v) is 2.63. The summed E-state index contributed by atoms with van der Waals surface area (Å²) in [5.41, 5.74) is 6.87. The highest BCUT2D eigenvalue weighted by Crippen LogP contribution is 2.34. The minimum Gasteiger partial charge on any atom is -0.463 e. The Balaban J connectivity index is 1.61. The van der Waals surface area contributed by atoms with E-state index >= 15 is 0 Å². The minimum atomic E-state index is 0.511. The second-order valence-corrected chi connectivity index (χ2v) is 6.10. The van der Waals surface area contributed by atoms with E-state index in [1.165, 1.54) is 44.3 Å². The number of nitrogens with two attached hydrogens (primary N) is 1. The molecular formula is C15H24N2O. The maximum absolute atomic E-state index is 5.83. The molecule has 2 saturated carbocycles. The SMILES string of the molecule is Cc1cc(CN(CC2CC2)CC2CC2)oc1CN. The minimum absolute atomic E-state index is 0.511. The number of furan rings is 1. The van der Waals surface area contributed by atoms with Gasteiger partial charge in [0.15, 0.2) is 0 Å². The molecule has 2 aliphatic carbocycles. The second-order valence-electron chi connectivity index (χ2n) is 6.10. The first kappa shape index (κ1) is 12.2. The van der Waals surface area contributed by atoms with Gasteiger partial charge in [-0.05, 0) is 56.1 Å². The lowest BCUT2D eigenvalue weighted by Crippen LogP contribution is -2.27. The molecule has 0 aromatic carbocycles. The average molecular weight is 248 g/mol. The van der Waals surface area contributed by atoms with E-state index in [0.29, 0.717) is 6.54 Å². The van der Waals surface area contributed by atoms with Crippen molar-refractivity contribution in [1.82, 2.24) is 4.90 Å². The van der Waals surface area contributed by atoms with Crippen LogP contribution in [0.15, 0.2) is 10.5 Å². The van der Waals surface area contributed by atoms with Crippen molar-refractivity contribution in [1.29, 1.82) is 0 Å². The van der Waals surface area contributed by atoms with Crippen LogP contribution in [0.5, 0.6) is 0 Å². The molecule has 0 spiro atoms. The predicted molar refractivity (Wildman–Crippen MR) is 72.1 cm³/mol. The van der Waals surface area contributed by atoms with Crippen molar-refractivity contribution < 1.29 is 4.42 Å².